The molecule has 0 unspecified atom stereocenters. The van der Waals surface area contributed by atoms with Crippen molar-refractivity contribution in [3.8, 4) is 0 Å². The Kier molecular flexibility index (Phi) is 77.0. The third kappa shape index (κ3) is 112. The molecule has 0 amide bonds. The van der Waals surface area contributed by atoms with Crippen LogP contribution in [0, 0.1) is 0 Å². The summed E-state index contributed by atoms with van der Waals surface area (Å²) in [5.74, 6) is -5.30. The maximum absolute atomic E-state index is 9.18. The van der Waals surface area contributed by atoms with Crippen LogP contribution in [-0.2, 0) is 19.2 Å². The zero-order chi connectivity index (χ0) is 17.1. The Hall–Kier alpha value is 2.54. The van der Waals surface area contributed by atoms with Crippen LogP contribution in [-0.4, -0.2) is 84.6 Å². The molecule has 120 valence electrons. The van der Waals surface area contributed by atoms with Crippen LogP contribution in [0.1, 0.15) is 0 Å². The van der Waals surface area contributed by atoms with Gasteiger partial charge in [0.2, 0.25) is 0 Å². The molecule has 0 fully saturated rings. The standard InChI is InChI=1S/4C2H4O2S.Ca.2Na/c4*3-2(4)1-5;;;/h4*5H,1H2,(H,3,4);;;/q;;;;+2;2*+1/p-4. The molecule has 0 saturated heterocycles. The van der Waals surface area contributed by atoms with Gasteiger partial charge in [0.1, 0.15) is 0 Å². The molecular weight excluding hydrogens is 438 g/mol. The molecule has 0 aliphatic rings. The first-order valence-electron chi connectivity index (χ1n) is 4.31. The van der Waals surface area contributed by atoms with Crippen LogP contribution in [0.15, 0.2) is 0 Å². The first-order valence-corrected chi connectivity index (χ1v) is 6.84. The molecule has 0 radical (unpaired) electrons. The molecule has 0 saturated carbocycles. The van der Waals surface area contributed by atoms with E-state index in [-0.39, 0.29) is 120 Å². The number of thiol groups is 4. The zero-order valence-corrected chi connectivity index (χ0v) is 22.4. The van der Waals surface area contributed by atoms with Gasteiger partial charge in [-0.1, -0.05) is 0 Å². The van der Waals surface area contributed by atoms with Crippen molar-refractivity contribution in [2.75, 3.05) is 23.0 Å². The second kappa shape index (κ2) is 39.6. The van der Waals surface area contributed by atoms with Crippen molar-refractivity contribution in [1.29, 1.82) is 0 Å². The van der Waals surface area contributed by atoms with Gasteiger partial charge in [0.05, 0.1) is 23.9 Å². The summed E-state index contributed by atoms with van der Waals surface area (Å²) in [5.41, 5.74) is 0. The van der Waals surface area contributed by atoms with Crippen LogP contribution in [0.25, 0.3) is 0 Å². The summed E-state index contributed by atoms with van der Waals surface area (Å²) in [4.78, 5) is 36.7. The Morgan fingerprint density at radius 1 is 0.522 bits per heavy atom. The van der Waals surface area contributed by atoms with Gasteiger partial charge < -0.3 is 39.6 Å². The normalized spacial score (nSPS) is 6.43. The van der Waals surface area contributed by atoms with Crippen molar-refractivity contribution >= 4 is 112 Å². The number of carboxylic acid groups (broad SMARTS) is 4. The second-order valence-electron chi connectivity index (χ2n) is 2.12. The van der Waals surface area contributed by atoms with Gasteiger partial charge in [0.15, 0.2) is 0 Å². The SMILES string of the molecule is O=C([O-])CS.O=C([O-])CS.O=C([O-])CS.O=C([O-])CS.[Ca+2].[Na+].[Na+]. The van der Waals surface area contributed by atoms with Crippen molar-refractivity contribution in [3.63, 3.8) is 0 Å². The van der Waals surface area contributed by atoms with Crippen molar-refractivity contribution < 1.29 is 98.7 Å². The van der Waals surface area contributed by atoms with E-state index in [1.54, 1.807) is 0 Å². The molecular formula is C8H12CaNa2O8S4. The Morgan fingerprint density at radius 2 is 0.565 bits per heavy atom. The van der Waals surface area contributed by atoms with Crippen LogP contribution in [0.5, 0.6) is 0 Å². The number of carbonyl (C=O) groups excluding carboxylic acids is 4. The van der Waals surface area contributed by atoms with E-state index < -0.39 is 23.9 Å². The summed E-state index contributed by atoms with van der Waals surface area (Å²) in [5, 5.41) is 36.7. The Labute approximate surface area is 230 Å². The molecule has 0 aliphatic carbocycles. The summed E-state index contributed by atoms with van der Waals surface area (Å²) in [7, 11) is 0. The van der Waals surface area contributed by atoms with Crippen LogP contribution in [0.2, 0.25) is 0 Å². The first-order chi connectivity index (χ1) is 9.08. The fourth-order valence-electron chi connectivity index (χ4n) is 0. The van der Waals surface area contributed by atoms with Crippen LogP contribution in [0.4, 0.5) is 0 Å². The molecule has 0 N–H and O–H groups in total. The van der Waals surface area contributed by atoms with Gasteiger partial charge in [-0.15, -0.1) is 0 Å². The minimum Gasteiger partial charge on any atom is -0.549 e. The van der Waals surface area contributed by atoms with Crippen LogP contribution in [0.3, 0.4) is 0 Å². The second-order valence-corrected chi connectivity index (χ2v) is 3.39. The molecule has 15 heteroatoms. The summed E-state index contributed by atoms with van der Waals surface area (Å²) in [6.45, 7) is 0. The van der Waals surface area contributed by atoms with Crippen molar-refractivity contribution in [1.82, 2.24) is 0 Å². The molecule has 0 bridgehead atoms. The van der Waals surface area contributed by atoms with E-state index in [2.05, 4.69) is 50.5 Å². The van der Waals surface area contributed by atoms with Gasteiger partial charge in [-0.2, -0.15) is 50.5 Å². The summed E-state index contributed by atoms with van der Waals surface area (Å²) >= 11 is 13.4. The average Bonchev–Trinajstić information content (AvgIpc) is 2.40. The number of carboxylic acids is 4. The monoisotopic (exact) mass is 450 g/mol. The topological polar surface area (TPSA) is 161 Å². The third-order valence-corrected chi connectivity index (χ3v) is 1.55. The van der Waals surface area contributed by atoms with E-state index in [0.717, 1.165) is 0 Å². The Morgan fingerprint density at radius 3 is 0.565 bits per heavy atom. The first kappa shape index (κ1) is 44.7. The molecule has 0 aromatic rings. The van der Waals surface area contributed by atoms with Gasteiger partial charge >= 0.3 is 96.9 Å². The Bertz CT molecular complexity index is 243. The number of hydrogen-bond donors (Lipinski definition) is 4. The van der Waals surface area contributed by atoms with Gasteiger partial charge in [-0.3, -0.25) is 0 Å². The van der Waals surface area contributed by atoms with Crippen molar-refractivity contribution in [3.05, 3.63) is 0 Å². The molecule has 8 nitrogen and oxygen atoms in total. The number of hydrogen-bond acceptors (Lipinski definition) is 12. The fraction of sp³-hybridized carbons (Fsp3) is 0.500. The van der Waals surface area contributed by atoms with Gasteiger partial charge in [0.25, 0.3) is 0 Å². The van der Waals surface area contributed by atoms with E-state index in [9.17, 15) is 39.6 Å². The third-order valence-electron chi connectivity index (χ3n) is 0.516. The minimum atomic E-state index is -1.13. The average molecular weight is 451 g/mol. The molecule has 0 rings (SSSR count). The molecule has 0 aromatic carbocycles. The van der Waals surface area contributed by atoms with E-state index in [4.69, 9.17) is 0 Å². The molecule has 0 atom stereocenters. The quantitative estimate of drug-likeness (QED) is 0.243. The Balaban J connectivity index is -0.0000000284. The van der Waals surface area contributed by atoms with E-state index in [1.165, 1.54) is 0 Å². The molecule has 0 spiro atoms. The number of carbonyl (C=O) groups is 4. The van der Waals surface area contributed by atoms with Gasteiger partial charge in [0, 0.05) is 23.0 Å². The van der Waals surface area contributed by atoms with E-state index in [0.29, 0.717) is 0 Å². The number of rotatable bonds is 4. The van der Waals surface area contributed by atoms with Gasteiger partial charge in [-0.25, -0.2) is 0 Å². The van der Waals surface area contributed by atoms with Gasteiger partial charge in [-0.05, 0) is 0 Å². The smallest absolute Gasteiger partial charge is 0.549 e. The van der Waals surface area contributed by atoms with Crippen molar-refractivity contribution in [2.24, 2.45) is 0 Å². The van der Waals surface area contributed by atoms with Crippen LogP contribution < -0.4 is 79.5 Å². The summed E-state index contributed by atoms with van der Waals surface area (Å²) in [6, 6.07) is 0. The van der Waals surface area contributed by atoms with E-state index in [1.807, 2.05) is 0 Å². The van der Waals surface area contributed by atoms with Crippen LogP contribution >= 0.6 is 50.5 Å². The maximum Gasteiger partial charge on any atom is 2.00 e. The summed E-state index contributed by atoms with van der Waals surface area (Å²) in [6.07, 6.45) is 0. The minimum absolute atomic E-state index is 0. The predicted molar refractivity (Wildman–Crippen MR) is 81.2 cm³/mol. The summed E-state index contributed by atoms with van der Waals surface area (Å²) < 4.78 is 0. The fourth-order valence-corrected chi connectivity index (χ4v) is 0. The molecule has 23 heavy (non-hydrogen) atoms. The zero-order valence-electron chi connectivity index (χ0n) is 12.6. The molecule has 0 aliphatic heterocycles. The largest absolute Gasteiger partial charge is 2.00 e. The molecule has 0 heterocycles. The number of aliphatic carboxylic acids is 4. The maximum atomic E-state index is 9.18. The van der Waals surface area contributed by atoms with E-state index >= 15 is 0 Å². The van der Waals surface area contributed by atoms with Crippen molar-refractivity contribution in [2.45, 2.75) is 0 Å². The molecule has 0 aromatic heterocycles. The predicted octanol–water partition coefficient (Wildman–Crippen LogP) is -11.7.